The van der Waals surface area contributed by atoms with E-state index in [1.165, 1.54) is 36.0 Å². The van der Waals surface area contributed by atoms with Crippen molar-refractivity contribution in [1.82, 2.24) is 14.7 Å². The van der Waals surface area contributed by atoms with Crippen LogP contribution in [0.3, 0.4) is 0 Å². The Morgan fingerprint density at radius 3 is 3.00 bits per heavy atom. The number of likely N-dealkylation sites (N-methyl/N-ethyl adjacent to an activating group) is 1. The van der Waals surface area contributed by atoms with Crippen LogP contribution in [0.2, 0.25) is 0 Å². The van der Waals surface area contributed by atoms with Crippen LogP contribution in [0.5, 0.6) is 5.75 Å². The Balaban J connectivity index is 1.67. The summed E-state index contributed by atoms with van der Waals surface area (Å²) in [5.41, 5.74) is 4.25. The molecular formula is C19H27N3O. The molecule has 0 bridgehead atoms. The van der Waals surface area contributed by atoms with Crippen LogP contribution in [0.4, 0.5) is 0 Å². The topological polar surface area (TPSA) is 30.3 Å². The molecule has 0 saturated heterocycles. The SMILES string of the molecule is CCn1cc(CCN(C)C2CCCc3cc(OC)ccc32)cn1. The zero-order chi connectivity index (χ0) is 16.2. The average Bonchev–Trinajstić information content (AvgIpc) is 3.06. The van der Waals surface area contributed by atoms with Crippen LogP contribution in [-0.2, 0) is 19.4 Å². The van der Waals surface area contributed by atoms with Gasteiger partial charge in [-0.15, -0.1) is 0 Å². The number of ether oxygens (including phenoxy) is 1. The van der Waals surface area contributed by atoms with E-state index in [9.17, 15) is 0 Å². The second kappa shape index (κ2) is 7.18. The van der Waals surface area contributed by atoms with Crippen molar-refractivity contribution in [3.63, 3.8) is 0 Å². The summed E-state index contributed by atoms with van der Waals surface area (Å²) in [5.74, 6) is 0.971. The van der Waals surface area contributed by atoms with Gasteiger partial charge in [0.1, 0.15) is 5.75 Å². The number of rotatable bonds is 6. The first kappa shape index (κ1) is 16.1. The molecule has 0 N–H and O–H groups in total. The number of benzene rings is 1. The van der Waals surface area contributed by atoms with Crippen molar-refractivity contribution in [2.45, 2.75) is 45.2 Å². The quantitative estimate of drug-likeness (QED) is 0.818. The number of hydrogen-bond donors (Lipinski definition) is 0. The number of hydrogen-bond acceptors (Lipinski definition) is 3. The van der Waals surface area contributed by atoms with E-state index in [0.29, 0.717) is 6.04 Å². The first-order valence-corrected chi connectivity index (χ1v) is 8.59. The molecule has 1 atom stereocenters. The monoisotopic (exact) mass is 313 g/mol. The molecule has 1 aliphatic rings. The lowest BCUT2D eigenvalue weighted by atomic mass is 9.86. The third-order valence-corrected chi connectivity index (χ3v) is 4.93. The van der Waals surface area contributed by atoms with Crippen molar-refractivity contribution < 1.29 is 4.74 Å². The number of aromatic nitrogens is 2. The first-order chi connectivity index (χ1) is 11.2. The third kappa shape index (κ3) is 3.58. The van der Waals surface area contributed by atoms with Crippen molar-refractivity contribution in [2.75, 3.05) is 20.7 Å². The summed E-state index contributed by atoms with van der Waals surface area (Å²) in [6.07, 6.45) is 8.87. The lowest BCUT2D eigenvalue weighted by Gasteiger charge is -2.33. The molecule has 4 heteroatoms. The summed E-state index contributed by atoms with van der Waals surface area (Å²) in [4.78, 5) is 2.49. The summed E-state index contributed by atoms with van der Waals surface area (Å²) in [6, 6.07) is 7.08. The fraction of sp³-hybridized carbons (Fsp3) is 0.526. The van der Waals surface area contributed by atoms with Crippen molar-refractivity contribution in [2.24, 2.45) is 0 Å². The average molecular weight is 313 g/mol. The van der Waals surface area contributed by atoms with Crippen molar-refractivity contribution in [1.29, 1.82) is 0 Å². The van der Waals surface area contributed by atoms with Gasteiger partial charge in [0, 0.05) is 25.3 Å². The number of aryl methyl sites for hydroxylation is 2. The number of methoxy groups -OCH3 is 1. The summed E-state index contributed by atoms with van der Waals surface area (Å²) in [7, 11) is 3.98. The minimum absolute atomic E-state index is 0.519. The Morgan fingerprint density at radius 1 is 1.39 bits per heavy atom. The van der Waals surface area contributed by atoms with E-state index in [1.54, 1.807) is 7.11 Å². The van der Waals surface area contributed by atoms with Crippen molar-refractivity contribution >= 4 is 0 Å². The second-order valence-electron chi connectivity index (χ2n) is 6.41. The molecule has 1 aliphatic carbocycles. The lowest BCUT2D eigenvalue weighted by Crippen LogP contribution is -2.29. The molecule has 3 rings (SSSR count). The number of nitrogens with zero attached hydrogens (tertiary/aromatic N) is 3. The molecule has 1 aromatic carbocycles. The van der Waals surface area contributed by atoms with Crippen LogP contribution in [0.15, 0.2) is 30.6 Å². The van der Waals surface area contributed by atoms with Crippen molar-refractivity contribution in [3.8, 4) is 5.75 Å². The van der Waals surface area contributed by atoms with Gasteiger partial charge in [-0.05, 0) is 68.5 Å². The van der Waals surface area contributed by atoms with E-state index < -0.39 is 0 Å². The summed E-state index contributed by atoms with van der Waals surface area (Å²) in [6.45, 7) is 4.12. The highest BCUT2D eigenvalue weighted by Crippen LogP contribution is 2.35. The molecule has 0 radical (unpaired) electrons. The maximum atomic E-state index is 5.37. The summed E-state index contributed by atoms with van der Waals surface area (Å²) >= 11 is 0. The molecule has 0 fully saturated rings. The maximum Gasteiger partial charge on any atom is 0.119 e. The molecule has 1 heterocycles. The van der Waals surface area contributed by atoms with E-state index in [-0.39, 0.29) is 0 Å². The molecule has 0 saturated carbocycles. The van der Waals surface area contributed by atoms with Crippen LogP contribution in [0, 0.1) is 0 Å². The third-order valence-electron chi connectivity index (χ3n) is 4.93. The number of fused-ring (bicyclic) bond motifs is 1. The van der Waals surface area contributed by atoms with E-state index >= 15 is 0 Å². The zero-order valence-corrected chi connectivity index (χ0v) is 14.5. The molecule has 4 nitrogen and oxygen atoms in total. The summed E-state index contributed by atoms with van der Waals surface area (Å²) in [5, 5.41) is 4.36. The van der Waals surface area contributed by atoms with Crippen LogP contribution in [0.1, 0.15) is 42.5 Å². The van der Waals surface area contributed by atoms with E-state index in [1.807, 2.05) is 10.9 Å². The lowest BCUT2D eigenvalue weighted by molar-refractivity contribution is 0.223. The van der Waals surface area contributed by atoms with Crippen LogP contribution >= 0.6 is 0 Å². The van der Waals surface area contributed by atoms with E-state index in [4.69, 9.17) is 4.74 Å². The van der Waals surface area contributed by atoms with Gasteiger partial charge < -0.3 is 4.74 Å². The minimum atomic E-state index is 0.519. The molecular weight excluding hydrogens is 286 g/mol. The molecule has 0 spiro atoms. The van der Waals surface area contributed by atoms with Gasteiger partial charge in [-0.3, -0.25) is 9.58 Å². The molecule has 0 amide bonds. The van der Waals surface area contributed by atoms with Gasteiger partial charge in [0.2, 0.25) is 0 Å². The fourth-order valence-corrected chi connectivity index (χ4v) is 3.52. The molecule has 2 aromatic rings. The van der Waals surface area contributed by atoms with Gasteiger partial charge in [-0.25, -0.2) is 0 Å². The molecule has 1 unspecified atom stereocenters. The maximum absolute atomic E-state index is 5.37. The van der Waals surface area contributed by atoms with Gasteiger partial charge in [0.05, 0.1) is 13.3 Å². The molecule has 23 heavy (non-hydrogen) atoms. The minimum Gasteiger partial charge on any atom is -0.497 e. The van der Waals surface area contributed by atoms with Gasteiger partial charge in [-0.2, -0.15) is 5.10 Å². The predicted molar refractivity (Wildman–Crippen MR) is 92.9 cm³/mol. The Labute approximate surface area is 139 Å². The van der Waals surface area contributed by atoms with Gasteiger partial charge in [-0.1, -0.05) is 6.07 Å². The fourth-order valence-electron chi connectivity index (χ4n) is 3.52. The normalized spacial score (nSPS) is 17.3. The zero-order valence-electron chi connectivity index (χ0n) is 14.5. The standard InChI is InChI=1S/C19H27N3O/c1-4-22-14-15(13-20-22)10-11-21(2)19-7-5-6-16-12-17(23-3)8-9-18(16)19/h8-9,12-14,19H,4-7,10-11H2,1-3H3. The molecule has 0 aliphatic heterocycles. The van der Waals surface area contributed by atoms with E-state index in [0.717, 1.165) is 25.3 Å². The highest BCUT2D eigenvalue weighted by Gasteiger charge is 2.23. The Bertz CT molecular complexity index is 650. The Kier molecular flexibility index (Phi) is 5.01. The molecule has 124 valence electrons. The smallest absolute Gasteiger partial charge is 0.119 e. The van der Waals surface area contributed by atoms with Gasteiger partial charge >= 0.3 is 0 Å². The first-order valence-electron chi connectivity index (χ1n) is 8.59. The van der Waals surface area contributed by atoms with Crippen LogP contribution < -0.4 is 4.74 Å². The van der Waals surface area contributed by atoms with Gasteiger partial charge in [0.15, 0.2) is 0 Å². The highest BCUT2D eigenvalue weighted by atomic mass is 16.5. The molecule has 1 aromatic heterocycles. The largest absolute Gasteiger partial charge is 0.497 e. The highest BCUT2D eigenvalue weighted by molar-refractivity contribution is 5.39. The second-order valence-corrected chi connectivity index (χ2v) is 6.41. The Morgan fingerprint density at radius 2 is 2.26 bits per heavy atom. The summed E-state index contributed by atoms with van der Waals surface area (Å²) < 4.78 is 7.37. The van der Waals surface area contributed by atoms with Crippen LogP contribution in [0.25, 0.3) is 0 Å². The Hall–Kier alpha value is -1.81. The van der Waals surface area contributed by atoms with Crippen molar-refractivity contribution in [3.05, 3.63) is 47.3 Å². The van der Waals surface area contributed by atoms with Crippen LogP contribution in [-0.4, -0.2) is 35.4 Å². The van der Waals surface area contributed by atoms with E-state index in [2.05, 4.69) is 48.4 Å². The predicted octanol–water partition coefficient (Wildman–Crippen LogP) is 3.46. The van der Waals surface area contributed by atoms with Gasteiger partial charge in [0.25, 0.3) is 0 Å².